The Bertz CT molecular complexity index is 654. The first-order chi connectivity index (χ1) is 9.97. The summed E-state index contributed by atoms with van der Waals surface area (Å²) in [4.78, 5) is 15.2. The quantitative estimate of drug-likeness (QED) is 0.871. The van der Waals surface area contributed by atoms with Gasteiger partial charge in [0, 0.05) is 34.3 Å². The van der Waals surface area contributed by atoms with Crippen LogP contribution in [0.3, 0.4) is 0 Å². The number of amides is 1. The van der Waals surface area contributed by atoms with E-state index in [4.69, 9.17) is 10.5 Å². The maximum absolute atomic E-state index is 12.8. The molecule has 0 aliphatic carbocycles. The van der Waals surface area contributed by atoms with Crippen molar-refractivity contribution in [2.45, 2.75) is 19.9 Å². The van der Waals surface area contributed by atoms with E-state index in [0.717, 1.165) is 14.6 Å². The fraction of sp³-hybridized carbons (Fsp3) is 0.400. The lowest BCUT2D eigenvalue weighted by atomic mass is 10.2. The number of hydrogen-bond acceptors (Lipinski definition) is 4. The van der Waals surface area contributed by atoms with Crippen LogP contribution in [0, 0.1) is 0 Å². The van der Waals surface area contributed by atoms with E-state index in [0.29, 0.717) is 23.7 Å². The number of nitrogens with two attached hydrogens (primary N) is 1. The van der Waals surface area contributed by atoms with Crippen molar-refractivity contribution in [3.8, 4) is 0 Å². The molecular formula is C15H19BrN2O2S. The Labute approximate surface area is 137 Å². The lowest BCUT2D eigenvalue weighted by Crippen LogP contribution is -2.39. The fourth-order valence-electron chi connectivity index (χ4n) is 2.20. The van der Waals surface area contributed by atoms with E-state index in [-0.39, 0.29) is 11.9 Å². The lowest BCUT2D eigenvalue weighted by Gasteiger charge is -2.26. The molecule has 0 spiro atoms. The molecule has 114 valence electrons. The molecule has 0 bridgehead atoms. The summed E-state index contributed by atoms with van der Waals surface area (Å²) in [5.74, 6) is -0.0346. The Morgan fingerprint density at radius 3 is 2.76 bits per heavy atom. The fourth-order valence-corrected chi connectivity index (χ4v) is 4.02. The van der Waals surface area contributed by atoms with E-state index in [1.807, 2.05) is 32.0 Å². The van der Waals surface area contributed by atoms with Crippen molar-refractivity contribution >= 4 is 48.9 Å². The summed E-state index contributed by atoms with van der Waals surface area (Å²) < 4.78 is 7.02. The summed E-state index contributed by atoms with van der Waals surface area (Å²) in [6.07, 6.45) is 0. The normalized spacial score (nSPS) is 11.3. The summed E-state index contributed by atoms with van der Waals surface area (Å²) in [6, 6.07) is 5.96. The van der Waals surface area contributed by atoms with Gasteiger partial charge in [-0.05, 0) is 26.0 Å². The van der Waals surface area contributed by atoms with Crippen LogP contribution >= 0.6 is 27.3 Å². The van der Waals surface area contributed by atoms with Crippen LogP contribution in [-0.4, -0.2) is 37.1 Å². The van der Waals surface area contributed by atoms with Gasteiger partial charge in [-0.3, -0.25) is 4.79 Å². The molecule has 4 nitrogen and oxygen atoms in total. The van der Waals surface area contributed by atoms with Crippen LogP contribution in [0.25, 0.3) is 10.1 Å². The zero-order chi connectivity index (χ0) is 15.6. The summed E-state index contributed by atoms with van der Waals surface area (Å²) >= 11 is 4.94. The van der Waals surface area contributed by atoms with E-state index >= 15 is 0 Å². The number of halogens is 1. The maximum Gasteiger partial charge on any atom is 0.266 e. The van der Waals surface area contributed by atoms with Gasteiger partial charge in [0.25, 0.3) is 5.91 Å². The summed E-state index contributed by atoms with van der Waals surface area (Å²) in [5.41, 5.74) is 6.76. The van der Waals surface area contributed by atoms with Crippen LogP contribution in [-0.2, 0) is 4.74 Å². The maximum atomic E-state index is 12.8. The third-order valence-electron chi connectivity index (χ3n) is 3.32. The third kappa shape index (κ3) is 3.22. The predicted molar refractivity (Wildman–Crippen MR) is 92.0 cm³/mol. The van der Waals surface area contributed by atoms with Crippen molar-refractivity contribution in [1.29, 1.82) is 0 Å². The summed E-state index contributed by atoms with van der Waals surface area (Å²) in [6.45, 7) is 5.06. The number of carbonyl (C=O) groups is 1. The molecule has 1 aromatic carbocycles. The highest BCUT2D eigenvalue weighted by atomic mass is 79.9. The van der Waals surface area contributed by atoms with Crippen molar-refractivity contribution in [1.82, 2.24) is 4.90 Å². The van der Waals surface area contributed by atoms with Gasteiger partial charge in [0.2, 0.25) is 0 Å². The number of hydrogen-bond donors (Lipinski definition) is 1. The Morgan fingerprint density at radius 1 is 1.48 bits per heavy atom. The molecule has 0 saturated heterocycles. The second kappa shape index (κ2) is 6.77. The van der Waals surface area contributed by atoms with E-state index in [9.17, 15) is 4.79 Å². The number of ether oxygens (including phenoxy) is 1. The molecule has 0 saturated carbocycles. The molecule has 0 aliphatic rings. The topological polar surface area (TPSA) is 55.6 Å². The first-order valence-electron chi connectivity index (χ1n) is 6.73. The highest BCUT2D eigenvalue weighted by molar-refractivity contribution is 9.10. The van der Waals surface area contributed by atoms with Crippen LogP contribution < -0.4 is 5.73 Å². The van der Waals surface area contributed by atoms with Crippen molar-refractivity contribution in [3.63, 3.8) is 0 Å². The van der Waals surface area contributed by atoms with Gasteiger partial charge in [-0.25, -0.2) is 0 Å². The number of fused-ring (bicyclic) bond motifs is 1. The SMILES string of the molecule is COCCN(C(=O)c1sc2cccc(Br)c2c1N)C(C)C. The van der Waals surface area contributed by atoms with Gasteiger partial charge in [0.05, 0.1) is 12.3 Å². The Balaban J connectivity index is 2.42. The number of carbonyl (C=O) groups excluding carboxylic acids is 1. The van der Waals surface area contributed by atoms with Gasteiger partial charge < -0.3 is 15.4 Å². The van der Waals surface area contributed by atoms with Gasteiger partial charge in [0.15, 0.2) is 0 Å². The van der Waals surface area contributed by atoms with E-state index in [2.05, 4.69) is 15.9 Å². The average Bonchev–Trinajstić information content (AvgIpc) is 2.77. The van der Waals surface area contributed by atoms with E-state index < -0.39 is 0 Å². The van der Waals surface area contributed by atoms with Crippen LogP contribution in [0.4, 0.5) is 5.69 Å². The predicted octanol–water partition coefficient (Wildman–Crippen LogP) is 3.74. The van der Waals surface area contributed by atoms with Crippen LogP contribution in [0.1, 0.15) is 23.5 Å². The van der Waals surface area contributed by atoms with Crippen molar-refractivity contribution < 1.29 is 9.53 Å². The third-order valence-corrected chi connectivity index (χ3v) is 5.14. The van der Waals surface area contributed by atoms with Crippen LogP contribution in [0.2, 0.25) is 0 Å². The molecular weight excluding hydrogens is 352 g/mol. The Kier molecular flexibility index (Phi) is 5.24. The number of thiophene rings is 1. The molecule has 1 amide bonds. The number of anilines is 1. The smallest absolute Gasteiger partial charge is 0.266 e. The Morgan fingerprint density at radius 2 is 2.19 bits per heavy atom. The first-order valence-corrected chi connectivity index (χ1v) is 8.34. The lowest BCUT2D eigenvalue weighted by molar-refractivity contribution is 0.0641. The molecule has 0 fully saturated rings. The Hall–Kier alpha value is -1.11. The minimum Gasteiger partial charge on any atom is -0.397 e. The number of nitrogens with zero attached hydrogens (tertiary/aromatic N) is 1. The molecule has 6 heteroatoms. The van der Waals surface area contributed by atoms with Crippen LogP contribution in [0.5, 0.6) is 0 Å². The van der Waals surface area contributed by atoms with Gasteiger partial charge in [-0.1, -0.05) is 22.0 Å². The summed E-state index contributed by atoms with van der Waals surface area (Å²) in [7, 11) is 1.63. The molecule has 1 heterocycles. The number of nitrogen functional groups attached to an aromatic ring is 1. The van der Waals surface area contributed by atoms with Gasteiger partial charge >= 0.3 is 0 Å². The second-order valence-corrected chi connectivity index (χ2v) is 6.95. The molecule has 0 unspecified atom stereocenters. The van der Waals surface area contributed by atoms with Crippen molar-refractivity contribution in [2.75, 3.05) is 26.0 Å². The minimum absolute atomic E-state index is 0.0346. The highest BCUT2D eigenvalue weighted by Crippen LogP contribution is 2.38. The molecule has 21 heavy (non-hydrogen) atoms. The van der Waals surface area contributed by atoms with Gasteiger partial charge in [-0.2, -0.15) is 0 Å². The average molecular weight is 371 g/mol. The molecule has 2 aromatic rings. The number of rotatable bonds is 5. The van der Waals surface area contributed by atoms with Gasteiger partial charge in [-0.15, -0.1) is 11.3 Å². The monoisotopic (exact) mass is 370 g/mol. The molecule has 0 aliphatic heterocycles. The van der Waals surface area contributed by atoms with Gasteiger partial charge in [0.1, 0.15) is 4.88 Å². The molecule has 0 atom stereocenters. The molecule has 2 rings (SSSR count). The standard InChI is InChI=1S/C15H19BrN2O2S/c1-9(2)18(7-8-20-3)15(19)14-13(17)12-10(16)5-4-6-11(12)21-14/h4-6,9H,7-8,17H2,1-3H3. The van der Waals surface area contributed by atoms with E-state index in [1.54, 1.807) is 12.0 Å². The molecule has 2 N–H and O–H groups in total. The minimum atomic E-state index is -0.0346. The second-order valence-electron chi connectivity index (χ2n) is 5.04. The number of benzene rings is 1. The molecule has 1 aromatic heterocycles. The number of methoxy groups -OCH3 is 1. The highest BCUT2D eigenvalue weighted by Gasteiger charge is 2.24. The van der Waals surface area contributed by atoms with Crippen LogP contribution in [0.15, 0.2) is 22.7 Å². The largest absolute Gasteiger partial charge is 0.397 e. The molecule has 0 radical (unpaired) electrons. The van der Waals surface area contributed by atoms with Crippen molar-refractivity contribution in [2.24, 2.45) is 0 Å². The van der Waals surface area contributed by atoms with Crippen molar-refractivity contribution in [3.05, 3.63) is 27.5 Å². The summed E-state index contributed by atoms with van der Waals surface area (Å²) in [5, 5.41) is 0.918. The van der Waals surface area contributed by atoms with E-state index in [1.165, 1.54) is 11.3 Å². The zero-order valence-electron chi connectivity index (χ0n) is 12.4. The first kappa shape index (κ1) is 16.3. The zero-order valence-corrected chi connectivity index (χ0v) is 14.8.